The number of ether oxygens (including phenoxy) is 2. The van der Waals surface area contributed by atoms with Crippen molar-refractivity contribution in [2.75, 3.05) is 20.2 Å². The maximum atomic E-state index is 12.2. The van der Waals surface area contributed by atoms with Crippen molar-refractivity contribution < 1.29 is 19.7 Å². The van der Waals surface area contributed by atoms with Crippen LogP contribution in [0.15, 0.2) is 12.1 Å². The lowest BCUT2D eigenvalue weighted by atomic mass is 9.33. The number of piperidine rings is 1. The molecule has 0 amide bonds. The fourth-order valence-corrected chi connectivity index (χ4v) is 9.58. The van der Waals surface area contributed by atoms with E-state index < -0.39 is 11.2 Å². The summed E-state index contributed by atoms with van der Waals surface area (Å²) in [7, 11) is 1.83. The Morgan fingerprint density at radius 3 is 2.59 bits per heavy atom. The van der Waals surface area contributed by atoms with Crippen molar-refractivity contribution in [3.05, 3.63) is 23.3 Å². The molecule has 5 nitrogen and oxygen atoms in total. The Labute approximate surface area is 203 Å². The summed E-state index contributed by atoms with van der Waals surface area (Å²) in [6, 6.07) is 4.46. The van der Waals surface area contributed by atoms with Gasteiger partial charge in [-0.05, 0) is 81.4 Å². The van der Waals surface area contributed by atoms with E-state index in [2.05, 4.69) is 31.7 Å². The Morgan fingerprint density at radius 1 is 1.15 bits per heavy atom. The number of phenols is 1. The molecule has 7 atom stereocenters. The average molecular weight is 468 g/mol. The van der Waals surface area contributed by atoms with Gasteiger partial charge in [0.05, 0.1) is 5.60 Å². The highest BCUT2D eigenvalue weighted by molar-refractivity contribution is 5.63. The summed E-state index contributed by atoms with van der Waals surface area (Å²) < 4.78 is 13.5. The number of phenolic OH excluding ortho intramolecular Hbond substituents is 1. The predicted molar refractivity (Wildman–Crippen MR) is 130 cm³/mol. The fraction of sp³-hybridized carbons (Fsp3) is 0.793. The number of hydrogen-bond acceptors (Lipinski definition) is 5. The highest BCUT2D eigenvalue weighted by atomic mass is 16.6. The Kier molecular flexibility index (Phi) is 4.08. The van der Waals surface area contributed by atoms with Gasteiger partial charge in [0.2, 0.25) is 0 Å². The molecule has 1 aromatic rings. The van der Waals surface area contributed by atoms with Gasteiger partial charge in [-0.1, -0.05) is 26.8 Å². The molecule has 1 aromatic carbocycles. The summed E-state index contributed by atoms with van der Waals surface area (Å²) in [6.45, 7) is 10.8. The van der Waals surface area contributed by atoms with Crippen molar-refractivity contribution in [3.8, 4) is 11.5 Å². The number of benzene rings is 1. The van der Waals surface area contributed by atoms with Gasteiger partial charge in [0.1, 0.15) is 11.7 Å². The molecule has 2 heterocycles. The number of methoxy groups -OCH3 is 1. The maximum Gasteiger partial charge on any atom is 0.165 e. The quantitative estimate of drug-likeness (QED) is 0.687. The standard InChI is InChI=1S/C29H41NO4/c1-25(2,3)26(4,32)20-15-27-10-11-29(20,33-5)24-28(27)12-13-30(16-17-6-7-17)21(27)14-18-8-9-19(31)23(34-24)22(18)28/h8-9,17,20-21,24,31-32H,6-7,10-16H2,1-5H3/t20-,21-,24-,26+,27+,28+,29-/m1/s1. The van der Waals surface area contributed by atoms with Crippen LogP contribution in [0.5, 0.6) is 11.5 Å². The second-order valence-corrected chi connectivity index (χ2v) is 13.8. The van der Waals surface area contributed by atoms with Crippen LogP contribution in [0.2, 0.25) is 0 Å². The Bertz CT molecular complexity index is 1060. The van der Waals surface area contributed by atoms with Gasteiger partial charge < -0.3 is 19.7 Å². The molecule has 5 aliphatic carbocycles. The second kappa shape index (κ2) is 6.33. The van der Waals surface area contributed by atoms with Gasteiger partial charge in [-0.2, -0.15) is 0 Å². The van der Waals surface area contributed by atoms with Crippen molar-refractivity contribution in [3.63, 3.8) is 0 Å². The lowest BCUT2D eigenvalue weighted by Crippen LogP contribution is -2.83. The highest BCUT2D eigenvalue weighted by Crippen LogP contribution is 2.78. The van der Waals surface area contributed by atoms with E-state index in [-0.39, 0.29) is 34.0 Å². The van der Waals surface area contributed by atoms with E-state index in [1.807, 2.05) is 20.1 Å². The molecule has 5 heteroatoms. The van der Waals surface area contributed by atoms with Crippen LogP contribution in [-0.4, -0.2) is 58.7 Å². The van der Waals surface area contributed by atoms with Gasteiger partial charge in [0.15, 0.2) is 11.5 Å². The van der Waals surface area contributed by atoms with Gasteiger partial charge in [-0.3, -0.25) is 4.90 Å². The molecule has 0 radical (unpaired) electrons. The van der Waals surface area contributed by atoms with Crippen molar-refractivity contribution >= 4 is 0 Å². The molecular formula is C29H41NO4. The second-order valence-electron chi connectivity index (χ2n) is 13.8. The largest absolute Gasteiger partial charge is 0.504 e. The van der Waals surface area contributed by atoms with Gasteiger partial charge >= 0.3 is 0 Å². The molecule has 7 aliphatic rings. The van der Waals surface area contributed by atoms with Gasteiger partial charge in [-0.25, -0.2) is 0 Å². The van der Waals surface area contributed by atoms with Crippen LogP contribution < -0.4 is 4.74 Å². The lowest BCUT2D eigenvalue weighted by Gasteiger charge is -2.75. The molecule has 186 valence electrons. The average Bonchev–Trinajstić information content (AvgIpc) is 3.53. The smallest absolute Gasteiger partial charge is 0.165 e. The first-order valence-electron chi connectivity index (χ1n) is 13.6. The molecule has 0 unspecified atom stereocenters. The predicted octanol–water partition coefficient (Wildman–Crippen LogP) is 4.41. The molecule has 1 saturated heterocycles. The van der Waals surface area contributed by atoms with E-state index in [1.165, 1.54) is 30.5 Å². The summed E-state index contributed by atoms with van der Waals surface area (Å²) >= 11 is 0. The SMILES string of the molecule is CO[C@]12CC[C@]3(C[C@@H]1[C@](C)(O)C(C)(C)C)[C@H]1Cc4ccc(O)c5c4[C@@]3(CCN1CC1CC1)[C@H]2O5. The normalized spacial score (nSPS) is 43.9. The van der Waals surface area contributed by atoms with Crippen molar-refractivity contribution in [2.45, 2.75) is 101 Å². The van der Waals surface area contributed by atoms with Gasteiger partial charge in [-0.15, -0.1) is 0 Å². The summed E-state index contributed by atoms with van der Waals surface area (Å²) in [6.07, 6.45) is 7.64. The zero-order valence-electron chi connectivity index (χ0n) is 21.5. The maximum absolute atomic E-state index is 12.2. The molecule has 8 rings (SSSR count). The number of nitrogens with zero attached hydrogens (tertiary/aromatic N) is 1. The van der Waals surface area contributed by atoms with Crippen molar-refractivity contribution in [1.29, 1.82) is 0 Å². The summed E-state index contributed by atoms with van der Waals surface area (Å²) in [5.41, 5.74) is 0.783. The minimum atomic E-state index is -0.909. The van der Waals surface area contributed by atoms with E-state index in [0.717, 1.165) is 44.6 Å². The lowest BCUT2D eigenvalue weighted by molar-refractivity contribution is -0.312. The number of hydrogen-bond donors (Lipinski definition) is 2. The first-order valence-corrected chi connectivity index (χ1v) is 13.6. The summed E-state index contributed by atoms with van der Waals surface area (Å²) in [4.78, 5) is 2.82. The number of fused-ring (bicyclic) bond motifs is 2. The topological polar surface area (TPSA) is 62.2 Å². The van der Waals surface area contributed by atoms with Crippen molar-refractivity contribution in [1.82, 2.24) is 4.90 Å². The molecule has 5 fully saturated rings. The van der Waals surface area contributed by atoms with Crippen LogP contribution in [0.4, 0.5) is 0 Å². The van der Waals surface area contributed by atoms with E-state index in [4.69, 9.17) is 9.47 Å². The fourth-order valence-electron chi connectivity index (χ4n) is 9.58. The first-order chi connectivity index (χ1) is 16.0. The minimum Gasteiger partial charge on any atom is -0.504 e. The van der Waals surface area contributed by atoms with E-state index >= 15 is 0 Å². The van der Waals surface area contributed by atoms with Crippen LogP contribution in [0.1, 0.15) is 77.3 Å². The van der Waals surface area contributed by atoms with E-state index in [9.17, 15) is 10.2 Å². The van der Waals surface area contributed by atoms with Crippen molar-refractivity contribution in [2.24, 2.45) is 22.7 Å². The monoisotopic (exact) mass is 467 g/mol. The third-order valence-corrected chi connectivity index (χ3v) is 11.9. The number of aromatic hydroxyl groups is 1. The summed E-state index contributed by atoms with van der Waals surface area (Å²) in [5, 5.41) is 23.2. The van der Waals surface area contributed by atoms with Gasteiger partial charge in [0, 0.05) is 42.0 Å². The van der Waals surface area contributed by atoms with Crippen LogP contribution >= 0.6 is 0 Å². The molecular weight excluding hydrogens is 426 g/mol. The molecule has 2 spiro atoms. The molecule has 2 N–H and O–H groups in total. The van der Waals surface area contributed by atoms with Crippen LogP contribution in [0.3, 0.4) is 0 Å². The number of aliphatic hydroxyl groups is 1. The molecule has 34 heavy (non-hydrogen) atoms. The van der Waals surface area contributed by atoms with E-state index in [1.54, 1.807) is 0 Å². The van der Waals surface area contributed by atoms with Crippen LogP contribution in [0, 0.1) is 22.7 Å². The zero-order chi connectivity index (χ0) is 23.9. The first kappa shape index (κ1) is 21.9. The number of likely N-dealkylation sites (tertiary alicyclic amines) is 1. The van der Waals surface area contributed by atoms with E-state index in [0.29, 0.717) is 11.8 Å². The molecule has 4 bridgehead atoms. The minimum absolute atomic E-state index is 0.0294. The Morgan fingerprint density at radius 2 is 1.91 bits per heavy atom. The molecule has 0 aromatic heterocycles. The Hall–Kier alpha value is -1.30. The van der Waals surface area contributed by atoms with Crippen LogP contribution in [-0.2, 0) is 16.6 Å². The molecule has 4 saturated carbocycles. The Balaban J connectivity index is 1.47. The third-order valence-electron chi connectivity index (χ3n) is 11.9. The number of rotatable bonds is 4. The summed E-state index contributed by atoms with van der Waals surface area (Å²) in [5.74, 6) is 1.80. The zero-order valence-corrected chi connectivity index (χ0v) is 21.5. The third kappa shape index (κ3) is 2.25. The highest BCUT2D eigenvalue weighted by Gasteiger charge is 2.82. The van der Waals surface area contributed by atoms with Crippen LogP contribution in [0.25, 0.3) is 0 Å². The van der Waals surface area contributed by atoms with Gasteiger partial charge in [0.25, 0.3) is 0 Å². The molecule has 2 aliphatic heterocycles.